The number of aryl methyl sites for hydroxylation is 2. The van der Waals surface area contributed by atoms with Gasteiger partial charge in [0.15, 0.2) is 0 Å². The topological polar surface area (TPSA) is 72.2 Å². The molecule has 0 aliphatic carbocycles. The zero-order valence-electron chi connectivity index (χ0n) is 11.4. The molecule has 0 aliphatic rings. The molecule has 0 bridgehead atoms. The molecule has 0 amide bonds. The van der Waals surface area contributed by atoms with Crippen molar-refractivity contribution in [1.82, 2.24) is 0 Å². The highest BCUT2D eigenvalue weighted by Gasteiger charge is 2.23. The molecular weight excluding hydrogens is 331 g/mol. The van der Waals surface area contributed by atoms with E-state index in [9.17, 15) is 8.42 Å². The minimum atomic E-state index is -3.91. The fraction of sp³-hybridized carbons (Fsp3) is 0.143. The lowest BCUT2D eigenvalue weighted by atomic mass is 10.1. The van der Waals surface area contributed by atoms with Crippen LogP contribution in [0.5, 0.6) is 0 Å². The molecule has 0 unspecified atom stereocenters. The van der Waals surface area contributed by atoms with Gasteiger partial charge in [0.1, 0.15) is 4.90 Å². The van der Waals surface area contributed by atoms with E-state index in [0.717, 1.165) is 11.1 Å². The number of nitrogen functional groups attached to an aromatic ring is 1. The lowest BCUT2D eigenvalue weighted by Gasteiger charge is -2.15. The molecule has 2 rings (SSSR count). The maximum atomic E-state index is 12.5. The molecule has 21 heavy (non-hydrogen) atoms. The summed E-state index contributed by atoms with van der Waals surface area (Å²) in [5, 5.41) is -0.0301. The van der Waals surface area contributed by atoms with E-state index in [1.165, 1.54) is 12.1 Å². The van der Waals surface area contributed by atoms with E-state index in [-0.39, 0.29) is 14.9 Å². The Balaban J connectivity index is 2.54. The van der Waals surface area contributed by atoms with Gasteiger partial charge >= 0.3 is 0 Å². The Kier molecular flexibility index (Phi) is 4.37. The summed E-state index contributed by atoms with van der Waals surface area (Å²) < 4.78 is 27.6. The first-order valence-electron chi connectivity index (χ1n) is 6.06. The van der Waals surface area contributed by atoms with Crippen LogP contribution in [-0.2, 0) is 10.0 Å². The third kappa shape index (κ3) is 3.26. The fourth-order valence-electron chi connectivity index (χ4n) is 2.00. The SMILES string of the molecule is Cc1cccc(C)c1NS(=O)(=O)c1c(Cl)cc(N)cc1Cl. The average molecular weight is 345 g/mol. The Labute approximate surface area is 133 Å². The minimum Gasteiger partial charge on any atom is -0.399 e. The van der Waals surface area contributed by atoms with Crippen LogP contribution in [0.15, 0.2) is 35.2 Å². The van der Waals surface area contributed by atoms with Gasteiger partial charge in [-0.3, -0.25) is 4.72 Å². The molecule has 3 N–H and O–H groups in total. The minimum absolute atomic E-state index is 0.0151. The van der Waals surface area contributed by atoms with Gasteiger partial charge in [0, 0.05) is 5.69 Å². The maximum Gasteiger partial charge on any atom is 0.264 e. The molecule has 2 aromatic rings. The Morgan fingerprint density at radius 3 is 2.00 bits per heavy atom. The summed E-state index contributed by atoms with van der Waals surface area (Å²) in [7, 11) is -3.91. The van der Waals surface area contributed by atoms with Crippen LogP contribution in [0, 0.1) is 13.8 Å². The average Bonchev–Trinajstić information content (AvgIpc) is 2.32. The number of anilines is 2. The molecule has 0 aromatic heterocycles. The molecule has 0 spiro atoms. The molecule has 0 fully saturated rings. The summed E-state index contributed by atoms with van der Waals surface area (Å²) in [6.07, 6.45) is 0. The number of nitrogens with one attached hydrogen (secondary N) is 1. The second-order valence-electron chi connectivity index (χ2n) is 4.69. The predicted octanol–water partition coefficient (Wildman–Crippen LogP) is 3.99. The number of rotatable bonds is 3. The largest absolute Gasteiger partial charge is 0.399 e. The van der Waals surface area contributed by atoms with Gasteiger partial charge < -0.3 is 5.73 Å². The Bertz CT molecular complexity index is 761. The zero-order valence-corrected chi connectivity index (χ0v) is 13.8. The van der Waals surface area contributed by atoms with E-state index >= 15 is 0 Å². The van der Waals surface area contributed by atoms with Crippen molar-refractivity contribution in [3.8, 4) is 0 Å². The van der Waals surface area contributed by atoms with E-state index in [2.05, 4.69) is 4.72 Å². The molecule has 0 saturated heterocycles. The Hall–Kier alpha value is -1.43. The molecule has 0 aliphatic heterocycles. The van der Waals surface area contributed by atoms with Gasteiger partial charge in [-0.2, -0.15) is 0 Å². The zero-order chi connectivity index (χ0) is 15.8. The smallest absolute Gasteiger partial charge is 0.264 e. The monoisotopic (exact) mass is 344 g/mol. The van der Waals surface area contributed by atoms with Crippen molar-refractivity contribution < 1.29 is 8.42 Å². The lowest BCUT2D eigenvalue weighted by Crippen LogP contribution is -2.16. The van der Waals surface area contributed by atoms with Gasteiger partial charge in [-0.15, -0.1) is 0 Å². The summed E-state index contributed by atoms with van der Waals surface area (Å²) in [6.45, 7) is 3.63. The Morgan fingerprint density at radius 1 is 1.05 bits per heavy atom. The first-order chi connectivity index (χ1) is 9.72. The molecule has 0 heterocycles. The first-order valence-corrected chi connectivity index (χ1v) is 8.30. The van der Waals surface area contributed by atoms with Gasteiger partial charge in [0.2, 0.25) is 0 Å². The number of sulfonamides is 1. The van der Waals surface area contributed by atoms with Crippen LogP contribution >= 0.6 is 23.2 Å². The number of nitrogens with two attached hydrogens (primary N) is 1. The van der Waals surface area contributed by atoms with Gasteiger partial charge in [-0.05, 0) is 37.1 Å². The highest BCUT2D eigenvalue weighted by Crippen LogP contribution is 2.34. The van der Waals surface area contributed by atoms with Crippen LogP contribution in [-0.4, -0.2) is 8.42 Å². The summed E-state index contributed by atoms with van der Waals surface area (Å²) in [4.78, 5) is -0.178. The van der Waals surface area contributed by atoms with Crippen LogP contribution in [0.3, 0.4) is 0 Å². The first kappa shape index (κ1) is 15.9. The Morgan fingerprint density at radius 2 is 1.52 bits per heavy atom. The van der Waals surface area contributed by atoms with E-state index in [4.69, 9.17) is 28.9 Å². The summed E-state index contributed by atoms with van der Waals surface area (Å²) in [6, 6.07) is 8.19. The lowest BCUT2D eigenvalue weighted by molar-refractivity contribution is 0.601. The molecule has 0 atom stereocenters. The second kappa shape index (κ2) is 5.75. The summed E-state index contributed by atoms with van der Waals surface area (Å²) in [5.41, 5.74) is 8.02. The quantitative estimate of drug-likeness (QED) is 0.826. The number of benzene rings is 2. The van der Waals surface area contributed by atoms with Gasteiger partial charge in [0.25, 0.3) is 10.0 Å². The van der Waals surface area contributed by atoms with Crippen molar-refractivity contribution in [1.29, 1.82) is 0 Å². The third-order valence-electron chi connectivity index (χ3n) is 3.01. The van der Waals surface area contributed by atoms with Crippen LogP contribution in [0.25, 0.3) is 0 Å². The predicted molar refractivity (Wildman–Crippen MR) is 87.6 cm³/mol. The molecule has 0 saturated carbocycles. The van der Waals surface area contributed by atoms with Crippen molar-refractivity contribution in [3.05, 3.63) is 51.5 Å². The highest BCUT2D eigenvalue weighted by molar-refractivity contribution is 7.93. The van der Waals surface area contributed by atoms with Gasteiger partial charge in [0.05, 0.1) is 15.7 Å². The third-order valence-corrected chi connectivity index (χ3v) is 5.28. The molecule has 4 nitrogen and oxygen atoms in total. The van der Waals surface area contributed by atoms with Crippen LogP contribution in [0.4, 0.5) is 11.4 Å². The number of hydrogen-bond acceptors (Lipinski definition) is 3. The maximum absolute atomic E-state index is 12.5. The molecule has 0 radical (unpaired) electrons. The van der Waals surface area contributed by atoms with Crippen molar-refractivity contribution in [2.45, 2.75) is 18.7 Å². The van der Waals surface area contributed by atoms with E-state index in [0.29, 0.717) is 11.4 Å². The van der Waals surface area contributed by atoms with E-state index in [1.807, 2.05) is 32.0 Å². The van der Waals surface area contributed by atoms with E-state index < -0.39 is 10.0 Å². The van der Waals surface area contributed by atoms with Crippen molar-refractivity contribution >= 4 is 44.6 Å². The standard InChI is InChI=1S/C14H14Cl2N2O2S/c1-8-4-3-5-9(2)13(8)18-21(19,20)14-11(15)6-10(17)7-12(14)16/h3-7,18H,17H2,1-2H3. The molecule has 112 valence electrons. The molecule has 2 aromatic carbocycles. The summed E-state index contributed by atoms with van der Waals surface area (Å²) >= 11 is 12.0. The van der Waals surface area contributed by atoms with Crippen LogP contribution in [0.1, 0.15) is 11.1 Å². The highest BCUT2D eigenvalue weighted by atomic mass is 35.5. The van der Waals surface area contributed by atoms with Crippen LogP contribution in [0.2, 0.25) is 10.0 Å². The van der Waals surface area contributed by atoms with Crippen molar-refractivity contribution in [2.75, 3.05) is 10.5 Å². The number of hydrogen-bond donors (Lipinski definition) is 2. The molecule has 7 heteroatoms. The fourth-order valence-corrected chi connectivity index (χ4v) is 4.43. The van der Waals surface area contributed by atoms with Gasteiger partial charge in [-0.1, -0.05) is 41.4 Å². The van der Waals surface area contributed by atoms with Gasteiger partial charge in [-0.25, -0.2) is 8.42 Å². The van der Waals surface area contributed by atoms with E-state index in [1.54, 1.807) is 0 Å². The second-order valence-corrected chi connectivity index (χ2v) is 7.12. The molecular formula is C14H14Cl2N2O2S. The summed E-state index contributed by atoms with van der Waals surface area (Å²) in [5.74, 6) is 0. The van der Waals surface area contributed by atoms with Crippen LogP contribution < -0.4 is 10.5 Å². The number of para-hydroxylation sites is 1. The number of halogens is 2. The normalized spacial score (nSPS) is 11.4. The van der Waals surface area contributed by atoms with Crippen molar-refractivity contribution in [2.24, 2.45) is 0 Å². The van der Waals surface area contributed by atoms with Crippen molar-refractivity contribution in [3.63, 3.8) is 0 Å².